The van der Waals surface area contributed by atoms with E-state index in [1.54, 1.807) is 0 Å². The van der Waals surface area contributed by atoms with E-state index >= 15 is 0 Å². The van der Waals surface area contributed by atoms with Crippen molar-refractivity contribution < 1.29 is 28.6 Å². The fourth-order valence-corrected chi connectivity index (χ4v) is 5.96. The summed E-state index contributed by atoms with van der Waals surface area (Å²) in [5.74, 6) is -0.993. The summed E-state index contributed by atoms with van der Waals surface area (Å²) < 4.78 is 16.6. The number of allylic oxidation sites excluding steroid dienone is 12. The Morgan fingerprint density at radius 2 is 0.768 bits per heavy atom. The highest BCUT2D eigenvalue weighted by molar-refractivity contribution is 5.71. The van der Waals surface area contributed by atoms with Crippen LogP contribution >= 0.6 is 0 Å². The Bertz CT molecular complexity index is 1080. The van der Waals surface area contributed by atoms with E-state index in [1.807, 2.05) is 0 Å². The Morgan fingerprint density at radius 1 is 0.393 bits per heavy atom. The number of hydrogen-bond donors (Lipinski definition) is 0. The summed E-state index contributed by atoms with van der Waals surface area (Å²) in [5.41, 5.74) is 0. The van der Waals surface area contributed by atoms with Crippen LogP contribution in [0.3, 0.4) is 0 Å². The van der Waals surface area contributed by atoms with Crippen LogP contribution in [-0.4, -0.2) is 37.2 Å². The third-order valence-corrected chi connectivity index (χ3v) is 9.44. The minimum Gasteiger partial charge on any atom is -0.462 e. The second-order valence-corrected chi connectivity index (χ2v) is 14.9. The molecule has 0 bridgehead atoms. The quantitative estimate of drug-likeness (QED) is 0.0203. The smallest absolute Gasteiger partial charge is 0.306 e. The minimum absolute atomic E-state index is 0.106. The number of rotatable bonds is 40. The number of esters is 3. The van der Waals surface area contributed by atoms with Crippen LogP contribution < -0.4 is 0 Å². The van der Waals surface area contributed by atoms with Gasteiger partial charge in [0.15, 0.2) is 6.10 Å². The third-order valence-electron chi connectivity index (χ3n) is 9.44. The molecular formula is C50H84O6. The monoisotopic (exact) mass is 781 g/mol. The van der Waals surface area contributed by atoms with Crippen molar-refractivity contribution in [1.82, 2.24) is 0 Å². The van der Waals surface area contributed by atoms with Gasteiger partial charge in [-0.05, 0) is 96.3 Å². The third kappa shape index (κ3) is 42.0. The normalized spacial score (nSPS) is 12.7. The number of carbonyl (C=O) groups is 3. The summed E-state index contributed by atoms with van der Waals surface area (Å²) in [5, 5.41) is 0. The van der Waals surface area contributed by atoms with Crippen molar-refractivity contribution in [3.8, 4) is 0 Å². The molecule has 0 radical (unpaired) electrons. The van der Waals surface area contributed by atoms with Gasteiger partial charge >= 0.3 is 17.9 Å². The van der Waals surface area contributed by atoms with E-state index in [0.29, 0.717) is 19.3 Å². The zero-order valence-electron chi connectivity index (χ0n) is 36.4. The Labute approximate surface area is 344 Å². The lowest BCUT2D eigenvalue weighted by molar-refractivity contribution is -0.167. The molecule has 0 saturated heterocycles. The highest BCUT2D eigenvalue weighted by atomic mass is 16.6. The first kappa shape index (κ1) is 52.9. The second-order valence-electron chi connectivity index (χ2n) is 14.9. The Kier molecular flexibility index (Phi) is 42.1. The molecule has 6 heteroatoms. The number of carbonyl (C=O) groups excluding carboxylic acids is 3. The summed E-state index contributed by atoms with van der Waals surface area (Å²) in [6, 6.07) is 0. The van der Waals surface area contributed by atoms with E-state index in [4.69, 9.17) is 14.2 Å². The largest absolute Gasteiger partial charge is 0.462 e. The van der Waals surface area contributed by atoms with Crippen molar-refractivity contribution in [2.45, 2.75) is 213 Å². The maximum absolute atomic E-state index is 12.7. The van der Waals surface area contributed by atoms with Crippen molar-refractivity contribution >= 4 is 17.9 Å². The van der Waals surface area contributed by atoms with Gasteiger partial charge < -0.3 is 14.2 Å². The lowest BCUT2D eigenvalue weighted by Crippen LogP contribution is -2.30. The molecule has 0 heterocycles. The molecule has 0 aliphatic rings. The molecule has 0 N–H and O–H groups in total. The van der Waals surface area contributed by atoms with Crippen LogP contribution in [0.5, 0.6) is 0 Å². The van der Waals surface area contributed by atoms with E-state index in [1.165, 1.54) is 57.8 Å². The molecule has 1 atom stereocenters. The van der Waals surface area contributed by atoms with E-state index in [-0.39, 0.29) is 37.5 Å². The number of unbranched alkanes of at least 4 members (excludes halogenated alkanes) is 18. The van der Waals surface area contributed by atoms with Gasteiger partial charge in [0.1, 0.15) is 13.2 Å². The summed E-state index contributed by atoms with van der Waals surface area (Å²) in [7, 11) is 0. The van der Waals surface area contributed by atoms with E-state index in [2.05, 4.69) is 93.7 Å². The predicted molar refractivity (Wildman–Crippen MR) is 238 cm³/mol. The number of hydrogen-bond acceptors (Lipinski definition) is 6. The molecule has 0 spiro atoms. The molecule has 1 unspecified atom stereocenters. The van der Waals surface area contributed by atoms with Crippen LogP contribution in [0.25, 0.3) is 0 Å². The zero-order valence-corrected chi connectivity index (χ0v) is 36.4. The maximum Gasteiger partial charge on any atom is 0.306 e. The highest BCUT2D eigenvalue weighted by Crippen LogP contribution is 2.12. The molecule has 0 rings (SSSR count). The van der Waals surface area contributed by atoms with Crippen LogP contribution in [0.1, 0.15) is 207 Å². The zero-order chi connectivity index (χ0) is 40.8. The molecule has 0 aromatic heterocycles. The Hall–Kier alpha value is -3.15. The lowest BCUT2D eigenvalue weighted by Gasteiger charge is -2.18. The molecule has 0 aromatic rings. The molecule has 320 valence electrons. The van der Waals surface area contributed by atoms with Gasteiger partial charge in [0.25, 0.3) is 0 Å². The fraction of sp³-hybridized carbons (Fsp3) is 0.700. The minimum atomic E-state index is -0.808. The van der Waals surface area contributed by atoms with E-state index in [9.17, 15) is 14.4 Å². The van der Waals surface area contributed by atoms with Gasteiger partial charge in [-0.1, -0.05) is 164 Å². The van der Waals surface area contributed by atoms with Gasteiger partial charge in [-0.2, -0.15) is 0 Å². The lowest BCUT2D eigenvalue weighted by atomic mass is 10.1. The van der Waals surface area contributed by atoms with Crippen LogP contribution in [0, 0.1) is 0 Å². The van der Waals surface area contributed by atoms with Crippen molar-refractivity contribution in [1.29, 1.82) is 0 Å². The first-order valence-electron chi connectivity index (χ1n) is 23.0. The van der Waals surface area contributed by atoms with Crippen LogP contribution in [-0.2, 0) is 28.6 Å². The van der Waals surface area contributed by atoms with Gasteiger partial charge in [0.05, 0.1) is 0 Å². The van der Waals surface area contributed by atoms with Gasteiger partial charge in [-0.3, -0.25) is 14.4 Å². The van der Waals surface area contributed by atoms with Crippen molar-refractivity contribution in [3.63, 3.8) is 0 Å². The first-order valence-corrected chi connectivity index (χ1v) is 23.0. The van der Waals surface area contributed by atoms with Crippen LogP contribution in [0.4, 0.5) is 0 Å². The molecule has 0 saturated carbocycles. The average molecular weight is 781 g/mol. The van der Waals surface area contributed by atoms with Gasteiger partial charge in [-0.15, -0.1) is 0 Å². The molecule has 0 fully saturated rings. The molecule has 0 amide bonds. The Morgan fingerprint density at radius 3 is 1.32 bits per heavy atom. The highest BCUT2D eigenvalue weighted by Gasteiger charge is 2.19. The molecule has 56 heavy (non-hydrogen) atoms. The second kappa shape index (κ2) is 44.6. The van der Waals surface area contributed by atoms with Crippen molar-refractivity contribution in [3.05, 3.63) is 72.9 Å². The fourth-order valence-electron chi connectivity index (χ4n) is 5.96. The topological polar surface area (TPSA) is 78.9 Å². The van der Waals surface area contributed by atoms with Gasteiger partial charge in [0.2, 0.25) is 0 Å². The summed E-state index contributed by atoms with van der Waals surface area (Å²) in [6.07, 6.45) is 54.6. The van der Waals surface area contributed by atoms with Crippen LogP contribution in [0.2, 0.25) is 0 Å². The van der Waals surface area contributed by atoms with Crippen LogP contribution in [0.15, 0.2) is 72.9 Å². The van der Waals surface area contributed by atoms with Gasteiger partial charge in [0, 0.05) is 19.3 Å². The van der Waals surface area contributed by atoms with E-state index < -0.39 is 6.10 Å². The molecule has 0 aliphatic carbocycles. The molecule has 6 nitrogen and oxygen atoms in total. The first-order chi connectivity index (χ1) is 27.5. The average Bonchev–Trinajstić information content (AvgIpc) is 3.19. The maximum atomic E-state index is 12.7. The van der Waals surface area contributed by atoms with Crippen molar-refractivity contribution in [2.24, 2.45) is 0 Å². The molecular weight excluding hydrogens is 697 g/mol. The number of ether oxygens (including phenoxy) is 3. The summed E-state index contributed by atoms with van der Waals surface area (Å²) in [6.45, 7) is 6.38. The standard InChI is InChI=1S/C50H84O6/c1-4-7-10-13-16-19-22-24-25-26-27-29-31-34-37-40-43-49(52)55-46-47(45-54-48(51)42-39-36-33-30-21-18-15-12-9-6-3)56-50(53)44-41-38-35-32-28-23-20-17-14-11-8-5-2/h8,11,15,17-18,20,25-29,32,47H,4-7,9-10,12-14,16,19,21-24,30-31,33-46H2,1-3H3/b11-8-,18-15-,20-17-,26-25-,29-27-,32-28-. The van der Waals surface area contributed by atoms with E-state index in [0.717, 1.165) is 103 Å². The van der Waals surface area contributed by atoms with Crippen molar-refractivity contribution in [2.75, 3.05) is 13.2 Å². The molecule has 0 aliphatic heterocycles. The molecule has 0 aromatic carbocycles. The van der Waals surface area contributed by atoms with Gasteiger partial charge in [-0.25, -0.2) is 0 Å². The summed E-state index contributed by atoms with van der Waals surface area (Å²) >= 11 is 0. The Balaban J connectivity index is 4.47. The predicted octanol–water partition coefficient (Wildman–Crippen LogP) is 14.7. The summed E-state index contributed by atoms with van der Waals surface area (Å²) in [4.78, 5) is 37.7. The SMILES string of the molecule is CC/C=C\C/C=C\C/C=C\CCCCC(=O)OC(COC(=O)CCCCC/C=C\C=C/CCCCCCCCC)COC(=O)CCCCCC/C=C\CCCC.